The molecule has 8 heteroatoms. The van der Waals surface area contributed by atoms with E-state index in [0.717, 1.165) is 45.6 Å². The van der Waals surface area contributed by atoms with Gasteiger partial charge >= 0.3 is 0 Å². The third-order valence-corrected chi connectivity index (χ3v) is 4.71. The van der Waals surface area contributed by atoms with Crippen molar-refractivity contribution in [1.82, 2.24) is 20.4 Å². The zero-order valence-corrected chi connectivity index (χ0v) is 16.8. The number of benzene rings is 1. The summed E-state index contributed by atoms with van der Waals surface area (Å²) in [7, 11) is 1.58. The van der Waals surface area contributed by atoms with Crippen LogP contribution in [-0.2, 0) is 9.59 Å². The molecular formula is C20H31N5O3. The Morgan fingerprint density at radius 2 is 1.50 bits per heavy atom. The highest BCUT2D eigenvalue weighted by molar-refractivity contribution is 5.96. The van der Waals surface area contributed by atoms with Crippen molar-refractivity contribution in [3.63, 3.8) is 0 Å². The second kappa shape index (κ2) is 11.4. The number of nitrogens with zero attached hydrogens (tertiary/aromatic N) is 2. The third-order valence-electron chi connectivity index (χ3n) is 4.71. The van der Waals surface area contributed by atoms with Crippen molar-refractivity contribution in [3.8, 4) is 0 Å². The van der Waals surface area contributed by atoms with Crippen LogP contribution >= 0.6 is 0 Å². The molecular weight excluding hydrogens is 358 g/mol. The van der Waals surface area contributed by atoms with E-state index in [4.69, 9.17) is 0 Å². The Morgan fingerprint density at radius 3 is 2.04 bits per heavy atom. The number of carbonyl (C=O) groups is 3. The average molecular weight is 390 g/mol. The lowest BCUT2D eigenvalue weighted by Gasteiger charge is -2.33. The number of unbranched alkanes of at least 4 members (excludes halogenated alkanes) is 1. The first-order valence-corrected chi connectivity index (χ1v) is 9.85. The summed E-state index contributed by atoms with van der Waals surface area (Å²) < 4.78 is 0. The van der Waals surface area contributed by atoms with Crippen LogP contribution in [-0.4, -0.2) is 80.4 Å². The Morgan fingerprint density at radius 1 is 0.929 bits per heavy atom. The van der Waals surface area contributed by atoms with Crippen LogP contribution in [0, 0.1) is 0 Å². The van der Waals surface area contributed by atoms with E-state index >= 15 is 0 Å². The van der Waals surface area contributed by atoms with Crippen molar-refractivity contribution in [1.29, 1.82) is 0 Å². The monoisotopic (exact) mass is 389 g/mol. The lowest BCUT2D eigenvalue weighted by atomic mass is 10.2. The lowest BCUT2D eigenvalue weighted by molar-refractivity contribution is -0.123. The largest absolute Gasteiger partial charge is 0.355 e. The molecule has 0 radical (unpaired) electrons. The second-order valence-electron chi connectivity index (χ2n) is 6.96. The summed E-state index contributed by atoms with van der Waals surface area (Å²) in [6.07, 6.45) is 2.07. The summed E-state index contributed by atoms with van der Waals surface area (Å²) in [6, 6.07) is 6.80. The maximum Gasteiger partial charge on any atom is 0.251 e. The normalized spacial score (nSPS) is 15.1. The predicted octanol–water partition coefficient (Wildman–Crippen LogP) is 0.519. The minimum absolute atomic E-state index is 0.0693. The fourth-order valence-electron chi connectivity index (χ4n) is 3.02. The van der Waals surface area contributed by atoms with Crippen molar-refractivity contribution in [2.45, 2.75) is 19.8 Å². The number of amides is 3. The van der Waals surface area contributed by atoms with E-state index in [1.165, 1.54) is 0 Å². The number of anilines is 1. The van der Waals surface area contributed by atoms with Crippen molar-refractivity contribution < 1.29 is 14.4 Å². The number of carbonyl (C=O) groups excluding carboxylic acids is 3. The minimum Gasteiger partial charge on any atom is -0.355 e. The smallest absolute Gasteiger partial charge is 0.251 e. The van der Waals surface area contributed by atoms with E-state index in [0.29, 0.717) is 24.3 Å². The first-order valence-electron chi connectivity index (χ1n) is 9.85. The molecule has 1 aliphatic heterocycles. The standard InChI is InChI=1S/C20H31N5O3/c1-3-4-9-22-18(26)14-24-10-12-25(13-11-24)15-19(27)23-17-7-5-16(6-8-17)20(28)21-2/h5-8H,3-4,9-15H2,1-2H3,(H,21,28)(H,22,26)(H,23,27). The molecule has 1 aromatic carbocycles. The van der Waals surface area contributed by atoms with E-state index in [-0.39, 0.29) is 17.7 Å². The molecule has 8 nitrogen and oxygen atoms in total. The lowest BCUT2D eigenvalue weighted by Crippen LogP contribution is -2.51. The Bertz CT molecular complexity index is 654. The number of piperazine rings is 1. The van der Waals surface area contributed by atoms with E-state index < -0.39 is 0 Å². The summed E-state index contributed by atoms with van der Waals surface area (Å²) in [5, 5.41) is 8.35. The molecule has 0 aliphatic carbocycles. The molecule has 3 N–H and O–H groups in total. The van der Waals surface area contributed by atoms with E-state index in [1.54, 1.807) is 31.3 Å². The quantitative estimate of drug-likeness (QED) is 0.536. The summed E-state index contributed by atoms with van der Waals surface area (Å²) in [4.78, 5) is 39.9. The molecule has 28 heavy (non-hydrogen) atoms. The van der Waals surface area contributed by atoms with Crippen LogP contribution in [0.1, 0.15) is 30.1 Å². The van der Waals surface area contributed by atoms with Gasteiger partial charge < -0.3 is 16.0 Å². The maximum absolute atomic E-state index is 12.3. The van der Waals surface area contributed by atoms with Crippen LogP contribution in [0.2, 0.25) is 0 Å². The van der Waals surface area contributed by atoms with E-state index in [2.05, 4.69) is 32.7 Å². The Labute approximate surface area is 166 Å². The number of nitrogens with one attached hydrogen (secondary N) is 3. The molecule has 1 aliphatic rings. The van der Waals surface area contributed by atoms with Crippen LogP contribution in [0.5, 0.6) is 0 Å². The molecule has 3 amide bonds. The van der Waals surface area contributed by atoms with Gasteiger partial charge in [-0.05, 0) is 30.7 Å². The number of hydrogen-bond acceptors (Lipinski definition) is 5. The average Bonchev–Trinajstić information content (AvgIpc) is 2.69. The van der Waals surface area contributed by atoms with Gasteiger partial charge in [0.15, 0.2) is 0 Å². The van der Waals surface area contributed by atoms with Crippen molar-refractivity contribution in [2.75, 3.05) is 58.2 Å². The summed E-state index contributed by atoms with van der Waals surface area (Å²) in [5.74, 6) is -0.173. The first kappa shape index (κ1) is 21.8. The maximum atomic E-state index is 12.3. The Balaban J connectivity index is 1.68. The van der Waals surface area contributed by atoms with Gasteiger partial charge in [-0.15, -0.1) is 0 Å². The van der Waals surface area contributed by atoms with Gasteiger partial charge in [0, 0.05) is 51.0 Å². The van der Waals surface area contributed by atoms with Gasteiger partial charge in [0.25, 0.3) is 5.91 Å². The molecule has 2 rings (SSSR count). The van der Waals surface area contributed by atoms with Gasteiger partial charge in [0.05, 0.1) is 13.1 Å². The highest BCUT2D eigenvalue weighted by Gasteiger charge is 2.20. The number of hydrogen-bond donors (Lipinski definition) is 3. The molecule has 1 fully saturated rings. The SMILES string of the molecule is CCCCNC(=O)CN1CCN(CC(=O)Nc2ccc(C(=O)NC)cc2)CC1. The van der Waals surface area contributed by atoms with Gasteiger partial charge in [0.2, 0.25) is 11.8 Å². The Hall–Kier alpha value is -2.45. The molecule has 0 saturated carbocycles. The third kappa shape index (κ3) is 7.28. The zero-order valence-electron chi connectivity index (χ0n) is 16.8. The topological polar surface area (TPSA) is 93.8 Å². The van der Waals surface area contributed by atoms with Gasteiger partial charge in [-0.25, -0.2) is 0 Å². The van der Waals surface area contributed by atoms with Crippen LogP contribution < -0.4 is 16.0 Å². The molecule has 0 unspecified atom stereocenters. The summed E-state index contributed by atoms with van der Waals surface area (Å²) in [5.41, 5.74) is 1.22. The van der Waals surface area contributed by atoms with Crippen LogP contribution in [0.4, 0.5) is 5.69 Å². The molecule has 1 aromatic rings. The fourth-order valence-corrected chi connectivity index (χ4v) is 3.02. The number of rotatable bonds is 9. The molecule has 1 heterocycles. The predicted molar refractivity (Wildman–Crippen MR) is 109 cm³/mol. The summed E-state index contributed by atoms with van der Waals surface area (Å²) in [6.45, 7) is 6.62. The van der Waals surface area contributed by atoms with Crippen LogP contribution in [0.25, 0.3) is 0 Å². The van der Waals surface area contributed by atoms with Gasteiger partial charge in [0.1, 0.15) is 0 Å². The molecule has 154 valence electrons. The highest BCUT2D eigenvalue weighted by Crippen LogP contribution is 2.10. The first-order chi connectivity index (χ1) is 13.5. The fraction of sp³-hybridized carbons (Fsp3) is 0.550. The minimum atomic E-state index is -0.158. The zero-order chi connectivity index (χ0) is 20.4. The molecule has 0 aromatic heterocycles. The van der Waals surface area contributed by atoms with Gasteiger partial charge in [-0.2, -0.15) is 0 Å². The highest BCUT2D eigenvalue weighted by atomic mass is 16.2. The molecule has 0 spiro atoms. The molecule has 0 atom stereocenters. The molecule has 1 saturated heterocycles. The van der Waals surface area contributed by atoms with Gasteiger partial charge in [-0.1, -0.05) is 13.3 Å². The van der Waals surface area contributed by atoms with Crippen molar-refractivity contribution in [2.24, 2.45) is 0 Å². The van der Waals surface area contributed by atoms with Crippen molar-refractivity contribution in [3.05, 3.63) is 29.8 Å². The van der Waals surface area contributed by atoms with Crippen LogP contribution in [0.15, 0.2) is 24.3 Å². The second-order valence-corrected chi connectivity index (χ2v) is 6.96. The molecule has 0 bridgehead atoms. The van der Waals surface area contributed by atoms with Gasteiger partial charge in [-0.3, -0.25) is 24.2 Å². The van der Waals surface area contributed by atoms with Crippen molar-refractivity contribution >= 4 is 23.4 Å². The Kier molecular flexibility index (Phi) is 8.90. The summed E-state index contributed by atoms with van der Waals surface area (Å²) >= 11 is 0. The van der Waals surface area contributed by atoms with Crippen LogP contribution in [0.3, 0.4) is 0 Å². The van der Waals surface area contributed by atoms with E-state index in [1.807, 2.05) is 0 Å². The van der Waals surface area contributed by atoms with E-state index in [9.17, 15) is 14.4 Å².